The molecule has 0 saturated carbocycles. The third kappa shape index (κ3) is 46.1. The van der Waals surface area contributed by atoms with Crippen molar-refractivity contribution in [1.82, 2.24) is 0 Å². The van der Waals surface area contributed by atoms with Crippen LogP contribution in [0.1, 0.15) is 163 Å². The molecular weight excluding hydrogens is 757 g/mol. The van der Waals surface area contributed by atoms with Gasteiger partial charge in [0.2, 0.25) is 0 Å². The lowest BCUT2D eigenvalue weighted by molar-refractivity contribution is 1.26. The van der Waals surface area contributed by atoms with Gasteiger partial charge in [-0.15, -0.1) is 0 Å². The van der Waals surface area contributed by atoms with Gasteiger partial charge in [0.05, 0.1) is 0 Å². The Hall–Kier alpha value is -5.20. The second-order valence-corrected chi connectivity index (χ2v) is 9.30. The van der Waals surface area contributed by atoms with Crippen molar-refractivity contribution < 1.29 is 0 Å². The summed E-state index contributed by atoms with van der Waals surface area (Å²) in [5, 5.41) is 2.62. The Balaban J connectivity index is -0.0000000920. The van der Waals surface area contributed by atoms with Crippen molar-refractivity contribution in [2.24, 2.45) is 0 Å². The third-order valence-electron chi connectivity index (χ3n) is 6.36. The summed E-state index contributed by atoms with van der Waals surface area (Å²) in [6, 6.07) is 70.0. The van der Waals surface area contributed by atoms with Gasteiger partial charge in [0.1, 0.15) is 0 Å². The molecule has 0 saturated heterocycles. The van der Waals surface area contributed by atoms with Crippen LogP contribution in [0.2, 0.25) is 0 Å². The standard InChI is InChI=1S/C13H10.C10H8.3C6H6.11C2H6/c1-3-7-12-10(5-1)9-11-6-2-4-8-13(11)12;1-2-6-10-8-4-3-7-9(10)5-1;3*1-2-4-6-5-3-1;11*1-2/h1-8H,9H2;1-8H;3*1-6H;11*1-2H3. The molecule has 0 radical (unpaired) electrons. The van der Waals surface area contributed by atoms with Gasteiger partial charge in [-0.05, 0) is 39.4 Å². The monoisotopic (exact) mass is 859 g/mol. The normalized spacial score (nSPS) is 7.46. The SMILES string of the molecule is CC.CC.CC.CC.CC.CC.CC.CC.CC.CC.CC.c1ccc2c(c1)Cc1ccccc1-2.c1ccc2ccccc2c1.c1ccccc1.c1ccccc1.c1ccccc1. The van der Waals surface area contributed by atoms with E-state index in [-0.39, 0.29) is 0 Å². The summed E-state index contributed by atoms with van der Waals surface area (Å²) in [7, 11) is 0. The van der Waals surface area contributed by atoms with E-state index in [2.05, 4.69) is 97.1 Å². The van der Waals surface area contributed by atoms with Crippen LogP contribution >= 0.6 is 0 Å². The van der Waals surface area contributed by atoms with E-state index in [1.54, 1.807) is 0 Å². The van der Waals surface area contributed by atoms with Crippen LogP contribution in [0.3, 0.4) is 0 Å². The lowest BCUT2D eigenvalue weighted by atomic mass is 10.1. The molecular formula is C63H102. The minimum absolute atomic E-state index is 1.10. The molecule has 7 aromatic rings. The number of benzene rings is 7. The van der Waals surface area contributed by atoms with Crippen molar-refractivity contribution in [1.29, 1.82) is 0 Å². The van der Waals surface area contributed by atoms with Gasteiger partial charge < -0.3 is 0 Å². The van der Waals surface area contributed by atoms with E-state index >= 15 is 0 Å². The van der Waals surface area contributed by atoms with E-state index < -0.39 is 0 Å². The first kappa shape index (κ1) is 75.2. The van der Waals surface area contributed by atoms with Crippen LogP contribution in [0, 0.1) is 0 Å². The molecule has 7 aromatic carbocycles. The summed E-state index contributed by atoms with van der Waals surface area (Å²) >= 11 is 0. The predicted octanol–water partition coefficient (Wildman–Crippen LogP) is 22.4. The maximum atomic E-state index is 2.22. The zero-order valence-corrected chi connectivity index (χ0v) is 45.3. The highest BCUT2D eigenvalue weighted by Gasteiger charge is 2.15. The van der Waals surface area contributed by atoms with Crippen LogP contribution in [0.4, 0.5) is 0 Å². The molecule has 0 heterocycles. The van der Waals surface area contributed by atoms with Crippen molar-refractivity contribution in [3.63, 3.8) is 0 Å². The Morgan fingerprint density at radius 1 is 0.175 bits per heavy atom. The largest absolute Gasteiger partial charge is 0.0683 e. The quantitative estimate of drug-likeness (QED) is 0.143. The van der Waals surface area contributed by atoms with Gasteiger partial charge in [-0.3, -0.25) is 0 Å². The van der Waals surface area contributed by atoms with Crippen LogP contribution in [0.15, 0.2) is 206 Å². The van der Waals surface area contributed by atoms with Gasteiger partial charge in [-0.1, -0.05) is 359 Å². The zero-order valence-electron chi connectivity index (χ0n) is 45.3. The molecule has 0 spiro atoms. The number of rotatable bonds is 0. The fourth-order valence-corrected chi connectivity index (χ4v) is 4.37. The van der Waals surface area contributed by atoms with Gasteiger partial charge in [-0.25, -0.2) is 0 Å². The van der Waals surface area contributed by atoms with Crippen LogP contribution < -0.4 is 0 Å². The van der Waals surface area contributed by atoms with Gasteiger partial charge in [0.15, 0.2) is 0 Å². The van der Waals surface area contributed by atoms with E-state index in [1.807, 2.05) is 262 Å². The molecule has 0 bridgehead atoms. The minimum Gasteiger partial charge on any atom is -0.0683 e. The molecule has 0 aliphatic heterocycles. The minimum atomic E-state index is 1.10. The highest BCUT2D eigenvalue weighted by Crippen LogP contribution is 2.35. The first-order valence-electron chi connectivity index (χ1n) is 25.0. The highest BCUT2D eigenvalue weighted by molar-refractivity contribution is 5.82. The predicted molar refractivity (Wildman–Crippen MR) is 303 cm³/mol. The molecule has 354 valence electrons. The molecule has 0 aromatic heterocycles. The van der Waals surface area contributed by atoms with Crippen molar-refractivity contribution in [3.05, 3.63) is 217 Å². The molecule has 0 N–H and O–H groups in total. The Kier molecular flexibility index (Phi) is 92.4. The fraction of sp³-hybridized carbons (Fsp3) is 0.365. The van der Waals surface area contributed by atoms with Gasteiger partial charge in [0, 0.05) is 0 Å². The van der Waals surface area contributed by atoms with Crippen molar-refractivity contribution >= 4 is 10.8 Å². The lowest BCUT2D eigenvalue weighted by Gasteiger charge is -1.98. The summed E-state index contributed by atoms with van der Waals surface area (Å²) in [6.07, 6.45) is 1.10. The average Bonchev–Trinajstić information content (AvgIpc) is 3.84. The van der Waals surface area contributed by atoms with E-state index in [0.29, 0.717) is 0 Å². The summed E-state index contributed by atoms with van der Waals surface area (Å²) in [4.78, 5) is 0. The van der Waals surface area contributed by atoms with Gasteiger partial charge in [-0.2, -0.15) is 0 Å². The number of fused-ring (bicyclic) bond motifs is 4. The first-order valence-corrected chi connectivity index (χ1v) is 25.0. The van der Waals surface area contributed by atoms with Gasteiger partial charge >= 0.3 is 0 Å². The highest BCUT2D eigenvalue weighted by atomic mass is 14.2. The number of hydrogen-bond acceptors (Lipinski definition) is 0. The molecule has 8 rings (SSSR count). The van der Waals surface area contributed by atoms with Crippen molar-refractivity contribution in [2.45, 2.75) is 159 Å². The maximum absolute atomic E-state index is 2.22. The molecule has 1 aliphatic rings. The molecule has 63 heavy (non-hydrogen) atoms. The second kappa shape index (κ2) is 77.4. The molecule has 1 aliphatic carbocycles. The molecule has 0 unspecified atom stereocenters. The topological polar surface area (TPSA) is 0 Å². The van der Waals surface area contributed by atoms with Crippen molar-refractivity contribution in [3.8, 4) is 11.1 Å². The Morgan fingerprint density at radius 3 is 0.492 bits per heavy atom. The van der Waals surface area contributed by atoms with Crippen LogP contribution in [-0.2, 0) is 6.42 Å². The smallest absolute Gasteiger partial charge is 0.00135 e. The number of hydrogen-bond donors (Lipinski definition) is 0. The van der Waals surface area contributed by atoms with Crippen LogP contribution in [0.5, 0.6) is 0 Å². The third-order valence-corrected chi connectivity index (χ3v) is 6.36. The molecule has 0 fully saturated rings. The van der Waals surface area contributed by atoms with Gasteiger partial charge in [0.25, 0.3) is 0 Å². The molecule has 0 nitrogen and oxygen atoms in total. The molecule has 0 amide bonds. The molecule has 0 atom stereocenters. The van der Waals surface area contributed by atoms with Crippen LogP contribution in [-0.4, -0.2) is 0 Å². The summed E-state index contributed by atoms with van der Waals surface area (Å²) < 4.78 is 0. The lowest BCUT2D eigenvalue weighted by Crippen LogP contribution is -1.77. The van der Waals surface area contributed by atoms with E-state index in [4.69, 9.17) is 0 Å². The zero-order chi connectivity index (χ0) is 50.2. The Labute approximate surface area is 396 Å². The first-order chi connectivity index (χ1) is 31.4. The van der Waals surface area contributed by atoms with E-state index in [9.17, 15) is 0 Å². The molecule has 0 heteroatoms. The van der Waals surface area contributed by atoms with E-state index in [1.165, 1.54) is 33.0 Å². The Morgan fingerprint density at radius 2 is 0.317 bits per heavy atom. The van der Waals surface area contributed by atoms with Crippen molar-refractivity contribution in [2.75, 3.05) is 0 Å². The second-order valence-electron chi connectivity index (χ2n) is 9.30. The fourth-order valence-electron chi connectivity index (χ4n) is 4.37. The summed E-state index contributed by atoms with van der Waals surface area (Å²) in [5.74, 6) is 0. The summed E-state index contributed by atoms with van der Waals surface area (Å²) in [5.41, 5.74) is 5.75. The Bertz CT molecular complexity index is 1370. The van der Waals surface area contributed by atoms with Crippen LogP contribution in [0.25, 0.3) is 21.9 Å². The summed E-state index contributed by atoms with van der Waals surface area (Å²) in [6.45, 7) is 44.0. The average molecular weight is 860 g/mol. The van der Waals surface area contributed by atoms with E-state index in [0.717, 1.165) is 6.42 Å². The maximum Gasteiger partial charge on any atom is -0.00135 e.